The molecule has 1 aromatic carbocycles. The number of ether oxygens (including phenoxy) is 1. The molecule has 3 rings (SSSR count). The number of benzene rings is 1. The zero-order chi connectivity index (χ0) is 19.4. The third kappa shape index (κ3) is 4.69. The van der Waals surface area contributed by atoms with Gasteiger partial charge in [-0.1, -0.05) is 50.2 Å². The van der Waals surface area contributed by atoms with E-state index in [1.54, 1.807) is 12.4 Å². The van der Waals surface area contributed by atoms with E-state index in [9.17, 15) is 0 Å². The van der Waals surface area contributed by atoms with Crippen LogP contribution in [0.4, 0.5) is 0 Å². The molecule has 0 aliphatic carbocycles. The number of oxime groups is 1. The molecule has 0 N–H and O–H groups in total. The van der Waals surface area contributed by atoms with Crippen LogP contribution in [0.3, 0.4) is 0 Å². The predicted octanol–water partition coefficient (Wildman–Crippen LogP) is 4.47. The highest BCUT2D eigenvalue weighted by Gasteiger charge is 2.35. The number of nitrogens with zero attached hydrogens (tertiary/aromatic N) is 4. The van der Waals surface area contributed by atoms with Crippen LogP contribution >= 0.6 is 11.6 Å². The second-order valence-corrected chi connectivity index (χ2v) is 8.07. The highest BCUT2D eigenvalue weighted by atomic mass is 35.5. The van der Waals surface area contributed by atoms with Gasteiger partial charge in [-0.2, -0.15) is 5.10 Å². The molecular formula is C20H25ClN4O2. The van der Waals surface area contributed by atoms with E-state index in [-0.39, 0.29) is 17.6 Å². The lowest BCUT2D eigenvalue weighted by atomic mass is 9.83. The first-order valence-corrected chi connectivity index (χ1v) is 9.36. The van der Waals surface area contributed by atoms with E-state index in [0.29, 0.717) is 13.0 Å². The third-order valence-corrected chi connectivity index (χ3v) is 4.68. The van der Waals surface area contributed by atoms with Crippen molar-refractivity contribution in [2.45, 2.75) is 45.8 Å². The van der Waals surface area contributed by atoms with Crippen LogP contribution in [0.1, 0.15) is 38.8 Å². The lowest BCUT2D eigenvalue weighted by Gasteiger charge is -2.29. The highest BCUT2D eigenvalue weighted by Crippen LogP contribution is 2.36. The predicted molar refractivity (Wildman–Crippen MR) is 106 cm³/mol. The molecule has 0 radical (unpaired) electrons. The van der Waals surface area contributed by atoms with Gasteiger partial charge in [-0.15, -0.1) is 0 Å². The molecule has 6 nitrogen and oxygen atoms in total. The molecule has 27 heavy (non-hydrogen) atoms. The van der Waals surface area contributed by atoms with Crippen LogP contribution in [-0.2, 0) is 11.3 Å². The van der Waals surface area contributed by atoms with Crippen molar-refractivity contribution in [3.63, 3.8) is 0 Å². The lowest BCUT2D eigenvalue weighted by Crippen LogP contribution is -2.35. The molecule has 144 valence electrons. The fourth-order valence-electron chi connectivity index (χ4n) is 3.25. The average Bonchev–Trinajstić information content (AvgIpc) is 3.25. The lowest BCUT2D eigenvalue weighted by molar-refractivity contribution is 0.163. The maximum atomic E-state index is 6.15. The zero-order valence-corrected chi connectivity index (χ0v) is 16.7. The summed E-state index contributed by atoms with van der Waals surface area (Å²) in [6, 6.07) is 5.61. The van der Waals surface area contributed by atoms with Gasteiger partial charge in [-0.3, -0.25) is 0 Å². The summed E-state index contributed by atoms with van der Waals surface area (Å²) in [5.41, 5.74) is 1.79. The van der Waals surface area contributed by atoms with Gasteiger partial charge in [0.2, 0.25) is 0 Å². The minimum atomic E-state index is -0.216. The monoisotopic (exact) mass is 388 g/mol. The minimum absolute atomic E-state index is 0.000351. The Hall–Kier alpha value is -2.34. The fourth-order valence-corrected chi connectivity index (χ4v) is 3.44. The quantitative estimate of drug-likeness (QED) is 0.304. The van der Waals surface area contributed by atoms with E-state index in [1.807, 2.05) is 22.9 Å². The maximum Gasteiger partial charge on any atom is 0.137 e. The molecular weight excluding hydrogens is 364 g/mol. The topological polar surface area (TPSA) is 61.5 Å². The number of halogens is 1. The molecule has 1 aromatic heterocycles. The van der Waals surface area contributed by atoms with Crippen LogP contribution in [0.2, 0.25) is 5.02 Å². The van der Waals surface area contributed by atoms with Crippen LogP contribution in [0, 0.1) is 5.41 Å². The van der Waals surface area contributed by atoms with E-state index in [0.717, 1.165) is 28.5 Å². The fraction of sp³-hybridized carbons (Fsp3) is 0.450. The second-order valence-electron chi connectivity index (χ2n) is 7.63. The Morgan fingerprint density at radius 3 is 3.00 bits per heavy atom. The molecule has 0 amide bonds. The number of hydrogen-bond donors (Lipinski definition) is 0. The van der Waals surface area contributed by atoms with Crippen molar-refractivity contribution in [1.82, 2.24) is 14.8 Å². The van der Waals surface area contributed by atoms with Crippen LogP contribution in [-0.4, -0.2) is 33.2 Å². The Bertz CT molecular complexity index is 812. The molecule has 0 saturated carbocycles. The van der Waals surface area contributed by atoms with Crippen molar-refractivity contribution < 1.29 is 9.57 Å². The first kappa shape index (κ1) is 19.4. The van der Waals surface area contributed by atoms with Crippen molar-refractivity contribution >= 4 is 17.3 Å². The van der Waals surface area contributed by atoms with Gasteiger partial charge < -0.3 is 9.57 Å². The standard InChI is InChI=1S/C20H25ClN4O2/c1-5-8-26-24-19(20(2,3)4)17(25-13-22-12-23-25)11-16-10-14-9-15(21)6-7-18(14)27-16/h5-7,9,12-13,16-17H,1,8,10-11H2,2-4H3. The van der Waals surface area contributed by atoms with Crippen molar-refractivity contribution in [3.05, 3.63) is 54.1 Å². The SMILES string of the molecule is C=CCON=C(C(CC1Cc2cc(Cl)ccc2O1)n1cncn1)C(C)(C)C. The van der Waals surface area contributed by atoms with E-state index >= 15 is 0 Å². The molecule has 0 fully saturated rings. The van der Waals surface area contributed by atoms with Crippen molar-refractivity contribution in [1.29, 1.82) is 0 Å². The normalized spacial score (nSPS) is 17.9. The maximum absolute atomic E-state index is 6.15. The summed E-state index contributed by atoms with van der Waals surface area (Å²) in [6.45, 7) is 10.4. The molecule has 0 bridgehead atoms. The van der Waals surface area contributed by atoms with Crippen molar-refractivity contribution in [3.8, 4) is 5.75 Å². The highest BCUT2D eigenvalue weighted by molar-refractivity contribution is 6.30. The largest absolute Gasteiger partial charge is 0.490 e. The van der Waals surface area contributed by atoms with Gasteiger partial charge in [0.1, 0.15) is 31.1 Å². The second kappa shape index (κ2) is 8.13. The first-order valence-electron chi connectivity index (χ1n) is 8.99. The zero-order valence-electron chi connectivity index (χ0n) is 15.9. The number of hydrogen-bond acceptors (Lipinski definition) is 5. The Kier molecular flexibility index (Phi) is 5.85. The number of rotatable bonds is 7. The van der Waals surface area contributed by atoms with E-state index in [1.165, 1.54) is 6.33 Å². The van der Waals surface area contributed by atoms with Crippen molar-refractivity contribution in [2.24, 2.45) is 10.6 Å². The van der Waals surface area contributed by atoms with Crippen LogP contribution in [0.25, 0.3) is 0 Å². The smallest absolute Gasteiger partial charge is 0.137 e. The molecule has 0 saturated heterocycles. The summed E-state index contributed by atoms with van der Waals surface area (Å²) in [7, 11) is 0. The van der Waals surface area contributed by atoms with Gasteiger partial charge in [0.15, 0.2) is 0 Å². The summed E-state index contributed by atoms with van der Waals surface area (Å²) in [5, 5.41) is 9.51. The summed E-state index contributed by atoms with van der Waals surface area (Å²) in [4.78, 5) is 9.55. The average molecular weight is 389 g/mol. The van der Waals surface area contributed by atoms with Gasteiger partial charge in [-0.25, -0.2) is 9.67 Å². The van der Waals surface area contributed by atoms with Crippen LogP contribution < -0.4 is 4.74 Å². The number of aromatic nitrogens is 3. The van der Waals surface area contributed by atoms with Gasteiger partial charge in [0.05, 0.1) is 11.8 Å². The minimum Gasteiger partial charge on any atom is -0.490 e. The molecule has 2 aromatic rings. The molecule has 1 aliphatic heterocycles. The Balaban J connectivity index is 1.86. The molecule has 7 heteroatoms. The van der Waals surface area contributed by atoms with Gasteiger partial charge in [-0.05, 0) is 23.8 Å². The Labute approximate surface area is 164 Å². The third-order valence-electron chi connectivity index (χ3n) is 4.45. The van der Waals surface area contributed by atoms with E-state index < -0.39 is 0 Å². The Morgan fingerprint density at radius 1 is 1.52 bits per heavy atom. The molecule has 0 spiro atoms. The first-order chi connectivity index (χ1) is 12.9. The van der Waals surface area contributed by atoms with Gasteiger partial charge >= 0.3 is 0 Å². The molecule has 2 atom stereocenters. The molecule has 2 unspecified atom stereocenters. The summed E-state index contributed by atoms with van der Waals surface area (Å²) < 4.78 is 7.97. The summed E-state index contributed by atoms with van der Waals surface area (Å²) in [6.07, 6.45) is 6.41. The number of fused-ring (bicyclic) bond motifs is 1. The summed E-state index contributed by atoms with van der Waals surface area (Å²) in [5.74, 6) is 0.888. The van der Waals surface area contributed by atoms with Crippen molar-refractivity contribution in [2.75, 3.05) is 6.61 Å². The van der Waals surface area contributed by atoms with Gasteiger partial charge in [0.25, 0.3) is 0 Å². The van der Waals surface area contributed by atoms with Crippen LogP contribution in [0.15, 0.2) is 48.7 Å². The van der Waals surface area contributed by atoms with Crippen LogP contribution in [0.5, 0.6) is 5.75 Å². The van der Waals surface area contributed by atoms with E-state index in [4.69, 9.17) is 21.2 Å². The molecule has 1 aliphatic rings. The molecule has 2 heterocycles. The summed E-state index contributed by atoms with van der Waals surface area (Å²) >= 11 is 6.12. The van der Waals surface area contributed by atoms with E-state index in [2.05, 4.69) is 42.6 Å². The van der Waals surface area contributed by atoms with Gasteiger partial charge in [0, 0.05) is 23.3 Å². The Morgan fingerprint density at radius 2 is 2.33 bits per heavy atom.